The van der Waals surface area contributed by atoms with Gasteiger partial charge in [-0.3, -0.25) is 13.9 Å². The Bertz CT molecular complexity index is 1830. The summed E-state index contributed by atoms with van der Waals surface area (Å²) in [4.78, 5) is 26.7. The summed E-state index contributed by atoms with van der Waals surface area (Å²) in [5, 5.41) is 0. The summed E-state index contributed by atoms with van der Waals surface area (Å²) in [6.45, 7) is -3.12. The minimum Gasteiger partial charge on any atom is -0.295 e. The molecule has 4 nitrogen and oxygen atoms in total. The van der Waals surface area contributed by atoms with Crippen molar-refractivity contribution < 1.29 is 48.3 Å². The summed E-state index contributed by atoms with van der Waals surface area (Å²) in [6.07, 6.45) is -12.2. The highest BCUT2D eigenvalue weighted by atomic mass is 19.4. The summed E-state index contributed by atoms with van der Waals surface area (Å²) in [5.41, 5.74) is -8.58. The lowest BCUT2D eigenvalue weighted by Crippen LogP contribution is -2.41. The third-order valence-corrected chi connectivity index (χ3v) is 6.44. The first-order chi connectivity index (χ1) is 20.8. The molecule has 3 aromatic carbocycles. The lowest BCUT2D eigenvalue weighted by atomic mass is 10.0. The van der Waals surface area contributed by atoms with Crippen LogP contribution in [0.25, 0.3) is 12.2 Å². The Labute approximate surface area is 246 Å². The van der Waals surface area contributed by atoms with Gasteiger partial charge in [-0.2, -0.15) is 39.5 Å². The largest absolute Gasteiger partial charge is 0.416 e. The van der Waals surface area contributed by atoms with Crippen LogP contribution in [0.4, 0.5) is 48.3 Å². The molecule has 45 heavy (non-hydrogen) atoms. The van der Waals surface area contributed by atoms with Gasteiger partial charge in [-0.05, 0) is 70.8 Å². The molecule has 0 saturated heterocycles. The molecular formula is C30H19F11N2O2. The summed E-state index contributed by atoms with van der Waals surface area (Å²) in [6, 6.07) is 7.62. The van der Waals surface area contributed by atoms with E-state index < -0.39 is 83.2 Å². The maximum absolute atomic E-state index is 13.6. The van der Waals surface area contributed by atoms with Crippen LogP contribution in [-0.2, 0) is 38.3 Å². The van der Waals surface area contributed by atoms with Crippen LogP contribution >= 0.6 is 0 Å². The lowest BCUT2D eigenvalue weighted by Gasteiger charge is -2.17. The minimum absolute atomic E-state index is 0.115. The van der Waals surface area contributed by atoms with E-state index in [9.17, 15) is 57.9 Å². The zero-order chi connectivity index (χ0) is 33.3. The summed E-state index contributed by atoms with van der Waals surface area (Å²) < 4.78 is 149. The molecule has 0 aliphatic rings. The number of nitrogens with zero attached hydrogens (tertiary/aromatic N) is 2. The van der Waals surface area contributed by atoms with E-state index in [1.807, 2.05) is 0 Å². The highest BCUT2D eigenvalue weighted by Gasteiger charge is 2.37. The van der Waals surface area contributed by atoms with Crippen molar-refractivity contribution in [2.75, 3.05) is 0 Å². The van der Waals surface area contributed by atoms with E-state index in [1.54, 1.807) is 0 Å². The first-order valence-electron chi connectivity index (χ1n) is 12.7. The second kappa shape index (κ2) is 12.4. The number of halogens is 11. The third-order valence-electron chi connectivity index (χ3n) is 6.44. The number of rotatable bonds is 7. The molecule has 1 heterocycles. The number of aromatic nitrogens is 2. The van der Waals surface area contributed by atoms with Crippen LogP contribution in [0, 0.1) is 5.82 Å². The van der Waals surface area contributed by atoms with Gasteiger partial charge in [0.25, 0.3) is 5.56 Å². The van der Waals surface area contributed by atoms with E-state index in [-0.39, 0.29) is 22.8 Å². The predicted octanol–water partition coefficient (Wildman–Crippen LogP) is 7.94. The van der Waals surface area contributed by atoms with Gasteiger partial charge in [-0.1, -0.05) is 24.3 Å². The average molecular weight is 648 g/mol. The topological polar surface area (TPSA) is 44.0 Å². The molecule has 0 radical (unpaired) electrons. The Morgan fingerprint density at radius 3 is 1.71 bits per heavy atom. The maximum Gasteiger partial charge on any atom is 0.416 e. The number of hydrogen-bond acceptors (Lipinski definition) is 2. The quantitative estimate of drug-likeness (QED) is 0.191. The standard InChI is InChI=1S/C30H19F11N2O2/c31-13-18-6-19(8-22(7-18)28(33,34)35)15-43-26(44)21(5-4-17-2-1-3-25(32)11-17)16-42(27(43)45)14-20-9-23(29(36,37)38)12-24(10-20)30(39,40)41/h1-12,16H,13-15H2/b5-4+. The fourth-order valence-electron chi connectivity index (χ4n) is 4.42. The monoisotopic (exact) mass is 648 g/mol. The van der Waals surface area contributed by atoms with Gasteiger partial charge in [-0.25, -0.2) is 13.6 Å². The Hall–Kier alpha value is -4.69. The number of benzene rings is 3. The fraction of sp³-hybridized carbons (Fsp3) is 0.200. The van der Waals surface area contributed by atoms with E-state index in [2.05, 4.69) is 0 Å². The summed E-state index contributed by atoms with van der Waals surface area (Å²) in [5.74, 6) is -0.655. The molecule has 0 aliphatic heterocycles. The second-order valence-electron chi connectivity index (χ2n) is 9.86. The lowest BCUT2D eigenvalue weighted by molar-refractivity contribution is -0.143. The van der Waals surface area contributed by atoms with Crippen LogP contribution in [0.1, 0.15) is 44.5 Å². The molecule has 0 saturated carbocycles. The smallest absolute Gasteiger partial charge is 0.295 e. The van der Waals surface area contributed by atoms with Crippen LogP contribution in [0.5, 0.6) is 0 Å². The molecule has 0 unspecified atom stereocenters. The van der Waals surface area contributed by atoms with Gasteiger partial charge in [0.1, 0.15) is 12.5 Å². The highest BCUT2D eigenvalue weighted by molar-refractivity contribution is 5.68. The van der Waals surface area contributed by atoms with Crippen molar-refractivity contribution in [1.29, 1.82) is 0 Å². The highest BCUT2D eigenvalue weighted by Crippen LogP contribution is 2.36. The zero-order valence-electron chi connectivity index (χ0n) is 22.5. The summed E-state index contributed by atoms with van der Waals surface area (Å²) in [7, 11) is 0. The van der Waals surface area contributed by atoms with Gasteiger partial charge in [0.2, 0.25) is 0 Å². The molecule has 0 spiro atoms. The Morgan fingerprint density at radius 1 is 0.644 bits per heavy atom. The van der Waals surface area contributed by atoms with Crippen molar-refractivity contribution in [2.45, 2.75) is 38.3 Å². The van der Waals surface area contributed by atoms with Crippen LogP contribution in [0.15, 0.2) is 76.4 Å². The zero-order valence-corrected chi connectivity index (χ0v) is 22.5. The van der Waals surface area contributed by atoms with E-state index >= 15 is 0 Å². The molecule has 0 N–H and O–H groups in total. The van der Waals surface area contributed by atoms with Gasteiger partial charge in [0.05, 0.1) is 35.3 Å². The molecule has 4 rings (SSSR count). The van der Waals surface area contributed by atoms with Crippen LogP contribution in [0.2, 0.25) is 0 Å². The third kappa shape index (κ3) is 8.08. The molecule has 4 aromatic rings. The van der Waals surface area contributed by atoms with Gasteiger partial charge in [0.15, 0.2) is 0 Å². The molecule has 0 bridgehead atoms. The Morgan fingerprint density at radius 2 is 1.18 bits per heavy atom. The van der Waals surface area contributed by atoms with Crippen molar-refractivity contribution in [1.82, 2.24) is 9.13 Å². The number of hydrogen-bond donors (Lipinski definition) is 0. The van der Waals surface area contributed by atoms with E-state index in [0.29, 0.717) is 33.4 Å². The van der Waals surface area contributed by atoms with Crippen LogP contribution in [0.3, 0.4) is 0 Å². The molecular weight excluding hydrogens is 629 g/mol. The fourth-order valence-corrected chi connectivity index (χ4v) is 4.42. The van der Waals surface area contributed by atoms with Crippen molar-refractivity contribution in [2.24, 2.45) is 0 Å². The molecule has 0 aliphatic carbocycles. The van der Waals surface area contributed by atoms with Gasteiger partial charge in [0, 0.05) is 6.20 Å². The SMILES string of the molecule is O=c1c(/C=C/c2cccc(F)c2)cn(Cc2cc(C(F)(F)F)cc(C(F)(F)F)c2)c(=O)n1Cc1cc(CF)cc(C(F)(F)F)c1. The molecule has 15 heteroatoms. The average Bonchev–Trinajstić information content (AvgIpc) is 2.94. The number of alkyl halides is 10. The predicted molar refractivity (Wildman–Crippen MR) is 141 cm³/mol. The molecule has 0 fully saturated rings. The van der Waals surface area contributed by atoms with Crippen LogP contribution in [-0.4, -0.2) is 9.13 Å². The Kier molecular flexibility index (Phi) is 9.12. The molecule has 238 valence electrons. The van der Waals surface area contributed by atoms with E-state index in [0.717, 1.165) is 30.5 Å². The minimum atomic E-state index is -5.20. The van der Waals surface area contributed by atoms with Crippen LogP contribution < -0.4 is 11.2 Å². The van der Waals surface area contributed by atoms with Crippen molar-refractivity contribution in [3.8, 4) is 0 Å². The van der Waals surface area contributed by atoms with Crippen molar-refractivity contribution in [3.63, 3.8) is 0 Å². The Balaban J connectivity index is 1.90. The van der Waals surface area contributed by atoms with Gasteiger partial charge < -0.3 is 0 Å². The molecule has 0 atom stereocenters. The van der Waals surface area contributed by atoms with Gasteiger partial charge >= 0.3 is 24.2 Å². The van der Waals surface area contributed by atoms with Crippen molar-refractivity contribution >= 4 is 12.2 Å². The molecule has 1 aromatic heterocycles. The molecule has 0 amide bonds. The second-order valence-corrected chi connectivity index (χ2v) is 9.86. The first kappa shape index (κ1) is 33.2. The summed E-state index contributed by atoms with van der Waals surface area (Å²) >= 11 is 0. The van der Waals surface area contributed by atoms with E-state index in [4.69, 9.17) is 0 Å². The maximum atomic E-state index is 13.6. The van der Waals surface area contributed by atoms with Gasteiger partial charge in [-0.15, -0.1) is 0 Å². The normalized spacial score (nSPS) is 12.7. The van der Waals surface area contributed by atoms with E-state index in [1.165, 1.54) is 18.2 Å². The first-order valence-corrected chi connectivity index (χ1v) is 12.7. The van der Waals surface area contributed by atoms with Crippen molar-refractivity contribution in [3.05, 3.63) is 138 Å².